The summed E-state index contributed by atoms with van der Waals surface area (Å²) in [7, 11) is 0. The van der Waals surface area contributed by atoms with E-state index in [1.165, 1.54) is 13.0 Å². The van der Waals surface area contributed by atoms with Crippen molar-refractivity contribution < 1.29 is 19.0 Å². The molecule has 2 nitrogen and oxygen atoms in total. The SMILES string of the molecule is CCC(O)C(O)c1c(F)ccc(C)c1F. The van der Waals surface area contributed by atoms with Crippen molar-refractivity contribution in [3.05, 3.63) is 34.9 Å². The first-order chi connectivity index (χ1) is 6.99. The van der Waals surface area contributed by atoms with Crippen LogP contribution in [0.2, 0.25) is 0 Å². The van der Waals surface area contributed by atoms with Crippen LogP contribution in [0, 0.1) is 18.6 Å². The molecule has 15 heavy (non-hydrogen) atoms. The van der Waals surface area contributed by atoms with Gasteiger partial charge in [0.15, 0.2) is 0 Å². The Morgan fingerprint density at radius 3 is 2.40 bits per heavy atom. The predicted octanol–water partition coefficient (Wildman–Crippen LogP) is 2.08. The molecule has 2 N–H and O–H groups in total. The summed E-state index contributed by atoms with van der Waals surface area (Å²) in [5.74, 6) is -1.63. The van der Waals surface area contributed by atoms with Crippen LogP contribution in [0.4, 0.5) is 8.78 Å². The number of aliphatic hydroxyl groups is 2. The van der Waals surface area contributed by atoms with Crippen molar-refractivity contribution in [1.82, 2.24) is 0 Å². The van der Waals surface area contributed by atoms with Gasteiger partial charge in [0.25, 0.3) is 0 Å². The standard InChI is InChI=1S/C11H14F2O2/c1-3-8(14)11(15)9-7(12)5-4-6(2)10(9)13/h4-5,8,11,14-15H,3H2,1-2H3. The van der Waals surface area contributed by atoms with Gasteiger partial charge in [-0.3, -0.25) is 0 Å². The Balaban J connectivity index is 3.18. The fourth-order valence-corrected chi connectivity index (χ4v) is 1.37. The van der Waals surface area contributed by atoms with Crippen molar-refractivity contribution in [1.29, 1.82) is 0 Å². The van der Waals surface area contributed by atoms with E-state index < -0.39 is 29.4 Å². The normalized spacial score (nSPS) is 15.1. The molecule has 84 valence electrons. The van der Waals surface area contributed by atoms with Crippen molar-refractivity contribution in [2.75, 3.05) is 0 Å². The molecule has 0 spiro atoms. The topological polar surface area (TPSA) is 40.5 Å². The molecule has 1 rings (SSSR count). The highest BCUT2D eigenvalue weighted by atomic mass is 19.1. The Bertz CT molecular complexity index is 353. The van der Waals surface area contributed by atoms with Gasteiger partial charge in [0.2, 0.25) is 0 Å². The zero-order valence-electron chi connectivity index (χ0n) is 8.67. The van der Waals surface area contributed by atoms with E-state index in [-0.39, 0.29) is 12.0 Å². The first kappa shape index (κ1) is 12.1. The third-order valence-electron chi connectivity index (χ3n) is 2.40. The molecule has 0 aliphatic heterocycles. The zero-order chi connectivity index (χ0) is 11.6. The van der Waals surface area contributed by atoms with Gasteiger partial charge in [-0.2, -0.15) is 0 Å². The van der Waals surface area contributed by atoms with Crippen LogP contribution in [0.15, 0.2) is 12.1 Å². The van der Waals surface area contributed by atoms with Crippen molar-refractivity contribution in [3.63, 3.8) is 0 Å². The molecule has 2 unspecified atom stereocenters. The Hall–Kier alpha value is -1.00. The average Bonchev–Trinajstić information content (AvgIpc) is 2.22. The number of rotatable bonds is 3. The molecule has 4 heteroatoms. The molecule has 0 aliphatic carbocycles. The summed E-state index contributed by atoms with van der Waals surface area (Å²) in [5.41, 5.74) is -0.210. The van der Waals surface area contributed by atoms with E-state index in [1.807, 2.05) is 0 Å². The van der Waals surface area contributed by atoms with Crippen LogP contribution in [-0.4, -0.2) is 16.3 Å². The van der Waals surface area contributed by atoms with Gasteiger partial charge < -0.3 is 10.2 Å². The summed E-state index contributed by atoms with van der Waals surface area (Å²) in [6.45, 7) is 3.10. The van der Waals surface area contributed by atoms with Crippen molar-refractivity contribution in [2.45, 2.75) is 32.5 Å². The van der Waals surface area contributed by atoms with E-state index in [4.69, 9.17) is 0 Å². The maximum absolute atomic E-state index is 13.5. The highest BCUT2D eigenvalue weighted by Gasteiger charge is 2.24. The molecule has 1 aromatic rings. The van der Waals surface area contributed by atoms with Gasteiger partial charge in [-0.25, -0.2) is 8.78 Å². The summed E-state index contributed by atoms with van der Waals surface area (Å²) in [6.07, 6.45) is -2.45. The van der Waals surface area contributed by atoms with Gasteiger partial charge >= 0.3 is 0 Å². The molecule has 0 fully saturated rings. The second-order valence-electron chi connectivity index (χ2n) is 3.51. The quantitative estimate of drug-likeness (QED) is 0.812. The third kappa shape index (κ3) is 2.33. The molecule has 0 aromatic heterocycles. The van der Waals surface area contributed by atoms with E-state index in [0.29, 0.717) is 0 Å². The molecule has 1 aromatic carbocycles. The number of aliphatic hydroxyl groups excluding tert-OH is 2. The van der Waals surface area contributed by atoms with Gasteiger partial charge in [-0.15, -0.1) is 0 Å². The van der Waals surface area contributed by atoms with Crippen LogP contribution in [0.1, 0.15) is 30.6 Å². The van der Waals surface area contributed by atoms with Crippen molar-refractivity contribution in [3.8, 4) is 0 Å². The van der Waals surface area contributed by atoms with Crippen LogP contribution in [0.25, 0.3) is 0 Å². The van der Waals surface area contributed by atoms with Gasteiger partial charge in [-0.05, 0) is 25.0 Å². The van der Waals surface area contributed by atoms with Gasteiger partial charge in [-0.1, -0.05) is 13.0 Å². The molecular weight excluding hydrogens is 202 g/mol. The number of halogens is 2. The summed E-state index contributed by atoms with van der Waals surface area (Å²) in [4.78, 5) is 0. The number of benzene rings is 1. The maximum atomic E-state index is 13.5. The van der Waals surface area contributed by atoms with Crippen molar-refractivity contribution in [2.24, 2.45) is 0 Å². The van der Waals surface area contributed by atoms with Gasteiger partial charge in [0, 0.05) is 0 Å². The fourth-order valence-electron chi connectivity index (χ4n) is 1.37. The lowest BCUT2D eigenvalue weighted by atomic mass is 9.99. The van der Waals surface area contributed by atoms with Gasteiger partial charge in [0.05, 0.1) is 11.7 Å². The second kappa shape index (κ2) is 4.68. The smallest absolute Gasteiger partial charge is 0.134 e. The third-order valence-corrected chi connectivity index (χ3v) is 2.40. The molecule has 0 bridgehead atoms. The van der Waals surface area contributed by atoms with E-state index in [0.717, 1.165) is 6.07 Å². The van der Waals surface area contributed by atoms with Crippen molar-refractivity contribution >= 4 is 0 Å². The first-order valence-corrected chi connectivity index (χ1v) is 4.79. The Labute approximate surface area is 87.2 Å². The molecule has 0 heterocycles. The lowest BCUT2D eigenvalue weighted by molar-refractivity contribution is 0.0121. The number of hydrogen-bond donors (Lipinski definition) is 2. The minimum Gasteiger partial charge on any atom is -0.390 e. The predicted molar refractivity (Wildman–Crippen MR) is 52.4 cm³/mol. The van der Waals surface area contributed by atoms with E-state index in [2.05, 4.69) is 0 Å². The van der Waals surface area contributed by atoms with Crippen LogP contribution in [-0.2, 0) is 0 Å². The largest absolute Gasteiger partial charge is 0.390 e. The lowest BCUT2D eigenvalue weighted by Gasteiger charge is -2.18. The highest BCUT2D eigenvalue weighted by Crippen LogP contribution is 2.26. The Morgan fingerprint density at radius 2 is 1.87 bits per heavy atom. The van der Waals surface area contributed by atoms with Crippen LogP contribution >= 0.6 is 0 Å². The molecule has 0 radical (unpaired) electrons. The summed E-state index contributed by atoms with van der Waals surface area (Å²) in [6, 6.07) is 2.37. The maximum Gasteiger partial charge on any atom is 0.134 e. The monoisotopic (exact) mass is 216 g/mol. The van der Waals surface area contributed by atoms with Crippen LogP contribution < -0.4 is 0 Å². The minimum atomic E-state index is -1.52. The number of hydrogen-bond acceptors (Lipinski definition) is 2. The zero-order valence-corrected chi connectivity index (χ0v) is 8.67. The molecule has 2 atom stereocenters. The second-order valence-corrected chi connectivity index (χ2v) is 3.51. The molecule has 0 aliphatic rings. The van der Waals surface area contributed by atoms with E-state index in [1.54, 1.807) is 6.92 Å². The van der Waals surface area contributed by atoms with Crippen LogP contribution in [0.5, 0.6) is 0 Å². The average molecular weight is 216 g/mol. The molecular formula is C11H14F2O2. The Kier molecular flexibility index (Phi) is 3.77. The minimum absolute atomic E-state index is 0.230. The highest BCUT2D eigenvalue weighted by molar-refractivity contribution is 5.28. The number of aryl methyl sites for hydroxylation is 1. The summed E-state index contributed by atoms with van der Waals surface area (Å²) >= 11 is 0. The Morgan fingerprint density at radius 1 is 1.27 bits per heavy atom. The lowest BCUT2D eigenvalue weighted by Crippen LogP contribution is -2.20. The van der Waals surface area contributed by atoms with E-state index >= 15 is 0 Å². The van der Waals surface area contributed by atoms with E-state index in [9.17, 15) is 19.0 Å². The van der Waals surface area contributed by atoms with Gasteiger partial charge in [0.1, 0.15) is 17.7 Å². The molecule has 0 saturated heterocycles. The fraction of sp³-hybridized carbons (Fsp3) is 0.455. The molecule has 0 saturated carbocycles. The summed E-state index contributed by atoms with van der Waals surface area (Å²) in [5, 5.41) is 18.9. The molecule has 0 amide bonds. The first-order valence-electron chi connectivity index (χ1n) is 4.79. The summed E-state index contributed by atoms with van der Waals surface area (Å²) < 4.78 is 26.8. The van der Waals surface area contributed by atoms with Crippen LogP contribution in [0.3, 0.4) is 0 Å².